The van der Waals surface area contributed by atoms with Crippen LogP contribution in [0.2, 0.25) is 0 Å². The Morgan fingerprint density at radius 3 is 2.29 bits per heavy atom. The number of hydrogen-bond donors (Lipinski definition) is 0. The molecule has 1 aliphatic rings. The van der Waals surface area contributed by atoms with Gasteiger partial charge in [0.25, 0.3) is 11.6 Å². The number of hydrogen-bond acceptors (Lipinski definition) is 4. The van der Waals surface area contributed by atoms with Crippen LogP contribution in [-0.2, 0) is 11.3 Å². The second-order valence-electron chi connectivity index (χ2n) is 6.70. The van der Waals surface area contributed by atoms with E-state index < -0.39 is 16.6 Å². The molecule has 28 heavy (non-hydrogen) atoms. The van der Waals surface area contributed by atoms with Crippen molar-refractivity contribution in [1.29, 1.82) is 0 Å². The smallest absolute Gasteiger partial charge is 0.269 e. The number of halogens is 2. The molecule has 1 amide bonds. The standard InChI is InChI=1S/C20H20F2N2O4/c21-18-6-3-7-19(22)17(18)12-23(14-4-1-2-5-14)20(25)13-28-16-10-8-15(9-11-16)24(26)27/h3,6-11,14H,1-2,4-5,12-13H2. The third kappa shape index (κ3) is 4.62. The molecule has 148 valence electrons. The highest BCUT2D eigenvalue weighted by Crippen LogP contribution is 2.27. The average molecular weight is 390 g/mol. The van der Waals surface area contributed by atoms with Crippen molar-refractivity contribution in [3.05, 3.63) is 69.8 Å². The van der Waals surface area contributed by atoms with E-state index in [4.69, 9.17) is 4.74 Å². The molecule has 0 atom stereocenters. The summed E-state index contributed by atoms with van der Waals surface area (Å²) in [5.41, 5.74) is -0.223. The van der Waals surface area contributed by atoms with Crippen LogP contribution in [0, 0.1) is 21.7 Å². The van der Waals surface area contributed by atoms with Crippen molar-refractivity contribution in [2.45, 2.75) is 38.3 Å². The summed E-state index contributed by atoms with van der Waals surface area (Å²) in [7, 11) is 0. The van der Waals surface area contributed by atoms with Gasteiger partial charge in [0.05, 0.1) is 11.5 Å². The van der Waals surface area contributed by atoms with Crippen LogP contribution in [0.5, 0.6) is 5.75 Å². The minimum atomic E-state index is -0.688. The van der Waals surface area contributed by atoms with Crippen molar-refractivity contribution in [3.63, 3.8) is 0 Å². The Balaban J connectivity index is 1.71. The first kappa shape index (κ1) is 19.7. The quantitative estimate of drug-likeness (QED) is 0.524. The molecule has 0 saturated heterocycles. The first-order chi connectivity index (χ1) is 13.5. The zero-order valence-corrected chi connectivity index (χ0v) is 15.1. The number of carbonyl (C=O) groups is 1. The molecule has 3 rings (SSSR count). The lowest BCUT2D eigenvalue weighted by atomic mass is 10.1. The first-order valence-electron chi connectivity index (χ1n) is 9.05. The van der Waals surface area contributed by atoms with Gasteiger partial charge in [0, 0.05) is 23.7 Å². The van der Waals surface area contributed by atoms with Crippen molar-refractivity contribution in [3.8, 4) is 5.75 Å². The van der Waals surface area contributed by atoms with Crippen LogP contribution in [0.25, 0.3) is 0 Å². The van der Waals surface area contributed by atoms with E-state index >= 15 is 0 Å². The summed E-state index contributed by atoms with van der Waals surface area (Å²) in [6.07, 6.45) is 3.47. The van der Waals surface area contributed by atoms with Gasteiger partial charge < -0.3 is 9.64 Å². The zero-order chi connectivity index (χ0) is 20.1. The summed E-state index contributed by atoms with van der Waals surface area (Å²) >= 11 is 0. The number of ether oxygens (including phenoxy) is 1. The Bertz CT molecular complexity index is 832. The fourth-order valence-corrected chi connectivity index (χ4v) is 3.38. The molecule has 2 aromatic carbocycles. The summed E-state index contributed by atoms with van der Waals surface area (Å²) in [5.74, 6) is -1.45. The van der Waals surface area contributed by atoms with Crippen LogP contribution >= 0.6 is 0 Å². The van der Waals surface area contributed by atoms with Crippen LogP contribution < -0.4 is 4.74 Å². The van der Waals surface area contributed by atoms with E-state index in [1.807, 2.05) is 0 Å². The second kappa shape index (κ2) is 8.77. The van der Waals surface area contributed by atoms with Crippen LogP contribution in [0.3, 0.4) is 0 Å². The monoisotopic (exact) mass is 390 g/mol. The van der Waals surface area contributed by atoms with Gasteiger partial charge in [0.15, 0.2) is 6.61 Å². The van der Waals surface area contributed by atoms with Gasteiger partial charge in [-0.05, 0) is 37.1 Å². The number of nitro groups is 1. The van der Waals surface area contributed by atoms with Gasteiger partial charge in [-0.1, -0.05) is 18.9 Å². The molecule has 8 heteroatoms. The van der Waals surface area contributed by atoms with Crippen molar-refractivity contribution in [1.82, 2.24) is 4.90 Å². The Labute approximate surface area is 160 Å². The fourth-order valence-electron chi connectivity index (χ4n) is 3.38. The highest BCUT2D eigenvalue weighted by Gasteiger charge is 2.28. The predicted molar refractivity (Wildman–Crippen MR) is 97.8 cm³/mol. The highest BCUT2D eigenvalue weighted by atomic mass is 19.1. The highest BCUT2D eigenvalue weighted by molar-refractivity contribution is 5.78. The minimum Gasteiger partial charge on any atom is -0.484 e. The number of rotatable bonds is 7. The Morgan fingerprint density at radius 2 is 1.71 bits per heavy atom. The largest absolute Gasteiger partial charge is 0.484 e. The molecule has 0 spiro atoms. The molecule has 6 nitrogen and oxygen atoms in total. The summed E-state index contributed by atoms with van der Waals surface area (Å²) in [4.78, 5) is 24.4. The number of non-ortho nitro benzene ring substituents is 1. The zero-order valence-electron chi connectivity index (χ0n) is 15.1. The van der Waals surface area contributed by atoms with Gasteiger partial charge in [-0.3, -0.25) is 14.9 Å². The van der Waals surface area contributed by atoms with E-state index in [1.165, 1.54) is 47.4 Å². The number of carbonyl (C=O) groups excluding carboxylic acids is 1. The van der Waals surface area contributed by atoms with Gasteiger partial charge >= 0.3 is 0 Å². The normalized spacial score (nSPS) is 14.1. The summed E-state index contributed by atoms with van der Waals surface area (Å²) in [6.45, 7) is -0.476. The summed E-state index contributed by atoms with van der Waals surface area (Å²) in [5, 5.41) is 10.7. The predicted octanol–water partition coefficient (Wildman–Crippen LogP) is 4.22. The van der Waals surface area contributed by atoms with Crippen molar-refractivity contribution >= 4 is 11.6 Å². The van der Waals surface area contributed by atoms with Crippen LogP contribution in [-0.4, -0.2) is 28.4 Å². The third-order valence-electron chi connectivity index (χ3n) is 4.89. The molecular weight excluding hydrogens is 370 g/mol. The SMILES string of the molecule is O=C(COc1ccc([N+](=O)[O-])cc1)N(Cc1c(F)cccc1F)C1CCCC1. The molecule has 1 fully saturated rings. The molecule has 2 aromatic rings. The van der Waals surface area contributed by atoms with Crippen LogP contribution in [0.1, 0.15) is 31.2 Å². The van der Waals surface area contributed by atoms with E-state index in [2.05, 4.69) is 0 Å². The maximum atomic E-state index is 14.1. The molecule has 0 aliphatic heterocycles. The lowest BCUT2D eigenvalue weighted by molar-refractivity contribution is -0.384. The molecule has 0 N–H and O–H groups in total. The molecule has 0 aromatic heterocycles. The number of benzene rings is 2. The summed E-state index contributed by atoms with van der Waals surface area (Å²) < 4.78 is 33.5. The lowest BCUT2D eigenvalue weighted by Gasteiger charge is -2.29. The first-order valence-corrected chi connectivity index (χ1v) is 9.05. The van der Waals surface area contributed by atoms with E-state index in [9.17, 15) is 23.7 Å². The summed E-state index contributed by atoms with van der Waals surface area (Å²) in [6, 6.07) is 8.91. The molecule has 0 bridgehead atoms. The van der Waals surface area contributed by atoms with Crippen LogP contribution in [0.15, 0.2) is 42.5 Å². The molecular formula is C20H20F2N2O4. The average Bonchev–Trinajstić information content (AvgIpc) is 3.20. The molecule has 0 heterocycles. The van der Waals surface area contributed by atoms with Gasteiger partial charge in [-0.15, -0.1) is 0 Å². The van der Waals surface area contributed by atoms with Crippen LogP contribution in [0.4, 0.5) is 14.5 Å². The maximum Gasteiger partial charge on any atom is 0.269 e. The van der Waals surface area contributed by atoms with Crippen molar-refractivity contribution < 1.29 is 23.2 Å². The Kier molecular flexibility index (Phi) is 6.18. The number of nitrogens with zero attached hydrogens (tertiary/aromatic N) is 2. The lowest BCUT2D eigenvalue weighted by Crippen LogP contribution is -2.41. The second-order valence-corrected chi connectivity index (χ2v) is 6.70. The van der Waals surface area contributed by atoms with Crippen molar-refractivity contribution in [2.75, 3.05) is 6.61 Å². The molecule has 1 aliphatic carbocycles. The minimum absolute atomic E-state index is 0.0821. The topological polar surface area (TPSA) is 72.7 Å². The molecule has 1 saturated carbocycles. The fraction of sp³-hybridized carbons (Fsp3) is 0.350. The van der Waals surface area contributed by atoms with E-state index in [1.54, 1.807) is 0 Å². The third-order valence-corrected chi connectivity index (χ3v) is 4.89. The number of nitro benzene ring substituents is 1. The van der Waals surface area contributed by atoms with Gasteiger partial charge in [-0.2, -0.15) is 0 Å². The Morgan fingerprint density at radius 1 is 1.11 bits per heavy atom. The Hall–Kier alpha value is -3.03. The molecule has 0 unspecified atom stereocenters. The van der Waals surface area contributed by atoms with Gasteiger partial charge in [-0.25, -0.2) is 8.78 Å². The van der Waals surface area contributed by atoms with Gasteiger partial charge in [0.2, 0.25) is 0 Å². The van der Waals surface area contributed by atoms with Crippen molar-refractivity contribution in [2.24, 2.45) is 0 Å². The number of amides is 1. The van der Waals surface area contributed by atoms with E-state index in [0.29, 0.717) is 5.75 Å². The maximum absolute atomic E-state index is 14.1. The van der Waals surface area contributed by atoms with Gasteiger partial charge in [0.1, 0.15) is 17.4 Å². The van der Waals surface area contributed by atoms with E-state index in [-0.39, 0.29) is 36.4 Å². The molecule has 0 radical (unpaired) electrons. The van der Waals surface area contributed by atoms with E-state index in [0.717, 1.165) is 25.7 Å².